The molecule has 0 bridgehead atoms. The number of hydrogen-bond acceptors (Lipinski definition) is 3. The lowest BCUT2D eigenvalue weighted by Gasteiger charge is -2.25. The molecule has 0 aliphatic carbocycles. The maximum Gasteiger partial charge on any atom is 0.127 e. The Kier molecular flexibility index (Phi) is 2.78. The average molecular weight is 242 g/mol. The molecule has 94 valence electrons. The Morgan fingerprint density at radius 2 is 2.17 bits per heavy atom. The van der Waals surface area contributed by atoms with Crippen LogP contribution in [-0.4, -0.2) is 21.3 Å². The van der Waals surface area contributed by atoms with Crippen molar-refractivity contribution in [1.29, 1.82) is 0 Å². The lowest BCUT2D eigenvalue weighted by molar-refractivity contribution is 0.501. The van der Waals surface area contributed by atoms with Crippen LogP contribution >= 0.6 is 0 Å². The van der Waals surface area contributed by atoms with Crippen LogP contribution in [0, 0.1) is 6.92 Å². The Balaban J connectivity index is 1.90. The van der Waals surface area contributed by atoms with Crippen LogP contribution in [0.2, 0.25) is 0 Å². The Labute approximate surface area is 107 Å². The van der Waals surface area contributed by atoms with Gasteiger partial charge in [-0.05, 0) is 31.0 Å². The van der Waals surface area contributed by atoms with Gasteiger partial charge in [0.2, 0.25) is 0 Å². The van der Waals surface area contributed by atoms with Crippen LogP contribution in [0.25, 0.3) is 0 Å². The minimum absolute atomic E-state index is 0.476. The lowest BCUT2D eigenvalue weighted by Crippen LogP contribution is -2.26. The largest absolute Gasteiger partial charge is 0.369 e. The van der Waals surface area contributed by atoms with Gasteiger partial charge >= 0.3 is 0 Å². The second kappa shape index (κ2) is 4.44. The van der Waals surface area contributed by atoms with Crippen molar-refractivity contribution in [3.63, 3.8) is 0 Å². The predicted octanol–water partition coefficient (Wildman–Crippen LogP) is 2.36. The molecule has 1 aliphatic heterocycles. The predicted molar refractivity (Wildman–Crippen MR) is 71.8 cm³/mol. The Hall–Kier alpha value is -1.84. The maximum atomic E-state index is 4.68. The van der Waals surface area contributed by atoms with Crippen molar-refractivity contribution in [2.45, 2.75) is 32.7 Å². The van der Waals surface area contributed by atoms with Gasteiger partial charge in [-0.15, -0.1) is 0 Å². The summed E-state index contributed by atoms with van der Waals surface area (Å²) in [6, 6.07) is 4.18. The number of aryl methyl sites for hydroxylation is 1. The van der Waals surface area contributed by atoms with Crippen molar-refractivity contribution in [2.24, 2.45) is 0 Å². The molecule has 2 aromatic heterocycles. The zero-order valence-electron chi connectivity index (χ0n) is 10.8. The Morgan fingerprint density at radius 3 is 2.89 bits per heavy atom. The summed E-state index contributed by atoms with van der Waals surface area (Å²) in [5.74, 6) is 1.67. The van der Waals surface area contributed by atoms with E-state index in [1.165, 1.54) is 22.6 Å². The molecule has 0 radical (unpaired) electrons. The number of nitrogens with one attached hydrogen (secondary N) is 1. The zero-order chi connectivity index (χ0) is 12.5. The van der Waals surface area contributed by atoms with Gasteiger partial charge < -0.3 is 5.32 Å². The van der Waals surface area contributed by atoms with E-state index in [4.69, 9.17) is 0 Å². The molecule has 4 heteroatoms. The highest BCUT2D eigenvalue weighted by atomic mass is 15.3. The van der Waals surface area contributed by atoms with E-state index in [0.29, 0.717) is 5.92 Å². The lowest BCUT2D eigenvalue weighted by atomic mass is 9.99. The fourth-order valence-corrected chi connectivity index (χ4v) is 2.64. The quantitative estimate of drug-likeness (QED) is 0.879. The third-order valence-electron chi connectivity index (χ3n) is 3.71. The molecule has 3 heterocycles. The number of rotatable bonds is 2. The molecule has 0 fully saturated rings. The number of pyridine rings is 1. The molecule has 0 saturated heterocycles. The van der Waals surface area contributed by atoms with Gasteiger partial charge in [-0.3, -0.25) is 4.98 Å². The number of aromatic nitrogens is 3. The molecule has 0 spiro atoms. The Morgan fingerprint density at radius 1 is 1.39 bits per heavy atom. The highest BCUT2D eigenvalue weighted by Gasteiger charge is 2.23. The molecule has 2 aromatic rings. The van der Waals surface area contributed by atoms with Gasteiger partial charge in [0.05, 0.1) is 12.2 Å². The van der Waals surface area contributed by atoms with E-state index in [-0.39, 0.29) is 0 Å². The molecule has 0 saturated carbocycles. The smallest absolute Gasteiger partial charge is 0.127 e. The van der Waals surface area contributed by atoms with E-state index >= 15 is 0 Å². The third-order valence-corrected chi connectivity index (χ3v) is 3.71. The van der Waals surface area contributed by atoms with Crippen LogP contribution in [0.1, 0.15) is 29.7 Å². The first kappa shape index (κ1) is 11.3. The number of hydrogen-bond donors (Lipinski definition) is 1. The van der Waals surface area contributed by atoms with Crippen LogP contribution in [0.5, 0.6) is 0 Å². The van der Waals surface area contributed by atoms with Gasteiger partial charge in [0, 0.05) is 30.4 Å². The SMILES string of the molecule is CCc1nn2c(c1C)NCC(c1ccncc1)C2. The van der Waals surface area contributed by atoms with Crippen molar-refractivity contribution in [3.8, 4) is 0 Å². The van der Waals surface area contributed by atoms with Gasteiger partial charge in [-0.25, -0.2) is 4.68 Å². The number of nitrogens with zero attached hydrogens (tertiary/aromatic N) is 3. The molecular weight excluding hydrogens is 224 g/mol. The topological polar surface area (TPSA) is 42.7 Å². The maximum absolute atomic E-state index is 4.68. The molecular formula is C14H18N4. The molecule has 4 nitrogen and oxygen atoms in total. The molecule has 0 aromatic carbocycles. The molecule has 0 amide bonds. The van der Waals surface area contributed by atoms with E-state index < -0.39 is 0 Å². The summed E-state index contributed by atoms with van der Waals surface area (Å²) >= 11 is 0. The van der Waals surface area contributed by atoms with Crippen LogP contribution in [0.15, 0.2) is 24.5 Å². The minimum Gasteiger partial charge on any atom is -0.369 e. The first-order chi connectivity index (χ1) is 8.79. The van der Waals surface area contributed by atoms with E-state index in [1.807, 2.05) is 12.4 Å². The molecule has 18 heavy (non-hydrogen) atoms. The van der Waals surface area contributed by atoms with Crippen LogP contribution in [0.4, 0.5) is 5.82 Å². The van der Waals surface area contributed by atoms with E-state index in [9.17, 15) is 0 Å². The van der Waals surface area contributed by atoms with Gasteiger partial charge in [0.1, 0.15) is 5.82 Å². The molecule has 3 rings (SSSR count). The fourth-order valence-electron chi connectivity index (χ4n) is 2.64. The summed E-state index contributed by atoms with van der Waals surface area (Å²) in [6.45, 7) is 6.23. The third kappa shape index (κ3) is 1.78. The summed E-state index contributed by atoms with van der Waals surface area (Å²) in [5.41, 5.74) is 3.83. The molecule has 1 N–H and O–H groups in total. The minimum atomic E-state index is 0.476. The van der Waals surface area contributed by atoms with Crippen molar-refractivity contribution < 1.29 is 0 Å². The Bertz CT molecular complexity index is 544. The van der Waals surface area contributed by atoms with E-state index in [0.717, 1.165) is 19.5 Å². The summed E-state index contributed by atoms with van der Waals surface area (Å²) in [7, 11) is 0. The van der Waals surface area contributed by atoms with E-state index in [1.54, 1.807) is 0 Å². The van der Waals surface area contributed by atoms with Gasteiger partial charge in [0.15, 0.2) is 0 Å². The van der Waals surface area contributed by atoms with Crippen molar-refractivity contribution >= 4 is 5.82 Å². The highest BCUT2D eigenvalue weighted by molar-refractivity contribution is 5.49. The van der Waals surface area contributed by atoms with Crippen molar-refractivity contribution in [3.05, 3.63) is 41.3 Å². The average Bonchev–Trinajstić information content (AvgIpc) is 2.76. The normalized spacial score (nSPS) is 18.2. The van der Waals surface area contributed by atoms with Gasteiger partial charge in [-0.1, -0.05) is 6.92 Å². The summed E-state index contributed by atoms with van der Waals surface area (Å²) in [4.78, 5) is 4.07. The van der Waals surface area contributed by atoms with Crippen molar-refractivity contribution in [2.75, 3.05) is 11.9 Å². The highest BCUT2D eigenvalue weighted by Crippen LogP contribution is 2.28. The zero-order valence-corrected chi connectivity index (χ0v) is 10.8. The van der Waals surface area contributed by atoms with E-state index in [2.05, 4.69) is 46.1 Å². The standard InChI is InChI=1S/C14H18N4/c1-3-13-10(2)14-16-8-12(9-18(14)17-13)11-4-6-15-7-5-11/h4-7,12,16H,3,8-9H2,1-2H3. The number of fused-ring (bicyclic) bond motifs is 1. The van der Waals surface area contributed by atoms with Crippen LogP contribution in [-0.2, 0) is 13.0 Å². The van der Waals surface area contributed by atoms with Crippen molar-refractivity contribution in [1.82, 2.24) is 14.8 Å². The summed E-state index contributed by atoms with van der Waals surface area (Å²) < 4.78 is 2.11. The van der Waals surface area contributed by atoms with Crippen LogP contribution < -0.4 is 5.32 Å². The molecule has 1 aliphatic rings. The van der Waals surface area contributed by atoms with Gasteiger partial charge in [0.25, 0.3) is 0 Å². The molecule has 1 atom stereocenters. The second-order valence-corrected chi connectivity index (χ2v) is 4.81. The number of anilines is 1. The second-order valence-electron chi connectivity index (χ2n) is 4.81. The van der Waals surface area contributed by atoms with Gasteiger partial charge in [-0.2, -0.15) is 5.10 Å². The first-order valence-corrected chi connectivity index (χ1v) is 6.49. The summed E-state index contributed by atoms with van der Waals surface area (Å²) in [6.07, 6.45) is 4.71. The summed E-state index contributed by atoms with van der Waals surface area (Å²) in [5, 5.41) is 8.20. The fraction of sp³-hybridized carbons (Fsp3) is 0.429. The monoisotopic (exact) mass is 242 g/mol. The first-order valence-electron chi connectivity index (χ1n) is 6.49. The molecule has 1 unspecified atom stereocenters. The van der Waals surface area contributed by atoms with Crippen LogP contribution in [0.3, 0.4) is 0 Å².